The summed E-state index contributed by atoms with van der Waals surface area (Å²) in [5.41, 5.74) is 3.60. The van der Waals surface area contributed by atoms with Crippen LogP contribution in [0.3, 0.4) is 0 Å². The molecule has 1 aliphatic rings. The highest BCUT2D eigenvalue weighted by Crippen LogP contribution is 2.25. The molecule has 28 heavy (non-hydrogen) atoms. The van der Waals surface area contributed by atoms with E-state index in [1.165, 1.54) is 24.0 Å². The molecule has 2 N–H and O–H groups in total. The Morgan fingerprint density at radius 2 is 2.00 bits per heavy atom. The number of urea groups is 1. The molecule has 0 spiro atoms. The fourth-order valence-corrected chi connectivity index (χ4v) is 3.68. The van der Waals surface area contributed by atoms with Gasteiger partial charge in [-0.3, -0.25) is 4.98 Å². The lowest BCUT2D eigenvalue weighted by atomic mass is 9.92. The maximum absolute atomic E-state index is 12.4. The van der Waals surface area contributed by atoms with Crippen LogP contribution in [0.15, 0.2) is 54.9 Å². The number of carbonyl (C=O) groups is 1. The number of anilines is 1. The van der Waals surface area contributed by atoms with Crippen LogP contribution < -0.4 is 15.4 Å². The predicted octanol–water partition coefficient (Wildman–Crippen LogP) is 4.70. The highest BCUT2D eigenvalue weighted by molar-refractivity contribution is 6.01. The first-order valence-electron chi connectivity index (χ1n) is 9.84. The summed E-state index contributed by atoms with van der Waals surface area (Å²) in [6.45, 7) is 2.36. The lowest BCUT2D eigenvalue weighted by molar-refractivity contribution is 0.236. The first-order valence-corrected chi connectivity index (χ1v) is 9.84. The van der Waals surface area contributed by atoms with Gasteiger partial charge in [0.15, 0.2) is 0 Å². The van der Waals surface area contributed by atoms with Crippen molar-refractivity contribution in [2.75, 3.05) is 11.9 Å². The fraction of sp³-hybridized carbons (Fsp3) is 0.304. The highest BCUT2D eigenvalue weighted by Gasteiger charge is 2.12. The molecule has 5 nitrogen and oxygen atoms in total. The van der Waals surface area contributed by atoms with Crippen LogP contribution in [-0.2, 0) is 12.8 Å². The second-order valence-electron chi connectivity index (χ2n) is 7.35. The maximum atomic E-state index is 12.4. The van der Waals surface area contributed by atoms with Gasteiger partial charge in [0.1, 0.15) is 12.4 Å². The summed E-state index contributed by atoms with van der Waals surface area (Å²) in [6.07, 6.45) is 8.32. The number of benzene rings is 2. The van der Waals surface area contributed by atoms with Gasteiger partial charge in [-0.2, -0.15) is 0 Å². The average molecular weight is 375 g/mol. The first-order chi connectivity index (χ1) is 13.7. The van der Waals surface area contributed by atoms with Crippen molar-refractivity contribution in [1.82, 2.24) is 10.3 Å². The number of amides is 2. The van der Waals surface area contributed by atoms with Crippen LogP contribution in [0.5, 0.6) is 5.75 Å². The first kappa shape index (κ1) is 18.3. The van der Waals surface area contributed by atoms with Crippen molar-refractivity contribution in [1.29, 1.82) is 0 Å². The molecule has 0 saturated carbocycles. The molecule has 1 heterocycles. The molecule has 1 aliphatic carbocycles. The number of carbonyl (C=O) groups excluding carboxylic acids is 1. The minimum absolute atomic E-state index is 0.118. The Labute approximate surface area is 165 Å². The molecule has 1 aromatic heterocycles. The third kappa shape index (κ3) is 4.25. The summed E-state index contributed by atoms with van der Waals surface area (Å²) in [4.78, 5) is 16.5. The van der Waals surface area contributed by atoms with Crippen LogP contribution in [0.2, 0.25) is 0 Å². The van der Waals surface area contributed by atoms with E-state index in [-0.39, 0.29) is 12.1 Å². The Kier molecular flexibility index (Phi) is 5.42. The van der Waals surface area contributed by atoms with Crippen molar-refractivity contribution in [3.05, 3.63) is 66.0 Å². The van der Waals surface area contributed by atoms with Crippen LogP contribution in [0, 0.1) is 0 Å². The number of aromatic nitrogens is 1. The topological polar surface area (TPSA) is 63.2 Å². The largest absolute Gasteiger partial charge is 0.491 e. The van der Waals surface area contributed by atoms with Gasteiger partial charge in [0.05, 0.1) is 11.7 Å². The molecular weight excluding hydrogens is 350 g/mol. The summed E-state index contributed by atoms with van der Waals surface area (Å²) in [6, 6.07) is 13.6. The number of aryl methyl sites for hydroxylation is 2. The number of nitrogens with one attached hydrogen (secondary N) is 2. The predicted molar refractivity (Wildman–Crippen MR) is 112 cm³/mol. The van der Waals surface area contributed by atoms with Gasteiger partial charge in [0, 0.05) is 23.2 Å². The Bertz CT molecular complexity index is 981. The van der Waals surface area contributed by atoms with Crippen LogP contribution in [0.4, 0.5) is 10.5 Å². The Morgan fingerprint density at radius 3 is 2.89 bits per heavy atom. The molecular formula is C23H25N3O2. The van der Waals surface area contributed by atoms with Crippen molar-refractivity contribution < 1.29 is 9.53 Å². The molecule has 0 aliphatic heterocycles. The molecule has 3 aromatic rings. The van der Waals surface area contributed by atoms with Crippen LogP contribution >= 0.6 is 0 Å². The summed E-state index contributed by atoms with van der Waals surface area (Å²) < 4.78 is 5.90. The number of hydrogen-bond donors (Lipinski definition) is 2. The molecule has 5 heteroatoms. The smallest absolute Gasteiger partial charge is 0.319 e. The minimum Gasteiger partial charge on any atom is -0.491 e. The molecule has 0 unspecified atom stereocenters. The van der Waals surface area contributed by atoms with E-state index in [1.54, 1.807) is 12.4 Å². The Morgan fingerprint density at radius 1 is 1.14 bits per heavy atom. The lowest BCUT2D eigenvalue weighted by Gasteiger charge is -2.19. The number of hydrogen-bond acceptors (Lipinski definition) is 3. The van der Waals surface area contributed by atoms with Crippen LogP contribution in [0.25, 0.3) is 10.8 Å². The number of fused-ring (bicyclic) bond motifs is 2. The van der Waals surface area contributed by atoms with Crippen molar-refractivity contribution >= 4 is 22.5 Å². The molecule has 2 aromatic carbocycles. The number of ether oxygens (including phenoxy) is 1. The SMILES string of the molecule is C[C@@H](COc1ccc2c(c1)CCCC2)NC(=O)Nc1cccc2cnccc12. The van der Waals surface area contributed by atoms with E-state index >= 15 is 0 Å². The normalized spacial score (nSPS) is 14.2. The fourth-order valence-electron chi connectivity index (χ4n) is 3.68. The van der Waals surface area contributed by atoms with Gasteiger partial charge in [-0.1, -0.05) is 18.2 Å². The molecule has 0 fully saturated rings. The van der Waals surface area contributed by atoms with Crippen LogP contribution in [-0.4, -0.2) is 23.7 Å². The van der Waals surface area contributed by atoms with Gasteiger partial charge >= 0.3 is 6.03 Å². The lowest BCUT2D eigenvalue weighted by Crippen LogP contribution is -2.39. The van der Waals surface area contributed by atoms with Crippen molar-refractivity contribution in [2.45, 2.75) is 38.6 Å². The number of nitrogens with zero attached hydrogens (tertiary/aromatic N) is 1. The summed E-state index contributed by atoms with van der Waals surface area (Å²) in [5, 5.41) is 7.81. The zero-order chi connectivity index (χ0) is 19.3. The zero-order valence-electron chi connectivity index (χ0n) is 16.1. The second kappa shape index (κ2) is 8.30. The third-order valence-corrected chi connectivity index (χ3v) is 5.13. The van der Waals surface area contributed by atoms with Crippen molar-refractivity contribution in [3.63, 3.8) is 0 Å². The van der Waals surface area contributed by atoms with E-state index in [4.69, 9.17) is 4.74 Å². The molecule has 0 radical (unpaired) electrons. The number of rotatable bonds is 5. The van der Waals surface area contributed by atoms with Gasteiger partial charge in [-0.05, 0) is 68.0 Å². The third-order valence-electron chi connectivity index (χ3n) is 5.13. The zero-order valence-corrected chi connectivity index (χ0v) is 16.1. The minimum atomic E-state index is -0.245. The molecule has 144 valence electrons. The molecule has 0 bridgehead atoms. The Balaban J connectivity index is 1.32. The summed E-state index contributed by atoms with van der Waals surface area (Å²) in [5.74, 6) is 0.872. The second-order valence-corrected chi connectivity index (χ2v) is 7.35. The monoisotopic (exact) mass is 375 g/mol. The van der Waals surface area contributed by atoms with E-state index in [9.17, 15) is 4.79 Å². The molecule has 4 rings (SSSR count). The molecule has 1 atom stereocenters. The van der Waals surface area contributed by atoms with E-state index in [0.717, 1.165) is 35.1 Å². The Hall–Kier alpha value is -3.08. The van der Waals surface area contributed by atoms with Gasteiger partial charge < -0.3 is 15.4 Å². The van der Waals surface area contributed by atoms with Crippen molar-refractivity contribution in [3.8, 4) is 5.75 Å². The van der Waals surface area contributed by atoms with E-state index < -0.39 is 0 Å². The average Bonchev–Trinajstić information content (AvgIpc) is 2.72. The maximum Gasteiger partial charge on any atom is 0.319 e. The van der Waals surface area contributed by atoms with Gasteiger partial charge in [0.25, 0.3) is 0 Å². The standard InChI is InChI=1S/C23H25N3O2/c1-16(15-28-20-10-9-17-5-2-3-6-18(17)13-20)25-23(27)26-22-8-4-7-19-14-24-12-11-21(19)22/h4,7-14,16H,2-3,5-6,15H2,1H3,(H2,25,26,27)/t16-/m0/s1. The van der Waals surface area contributed by atoms with E-state index in [0.29, 0.717) is 6.61 Å². The van der Waals surface area contributed by atoms with E-state index in [2.05, 4.69) is 27.8 Å². The summed E-state index contributed by atoms with van der Waals surface area (Å²) >= 11 is 0. The quantitative estimate of drug-likeness (QED) is 0.679. The van der Waals surface area contributed by atoms with E-state index in [1.807, 2.05) is 37.3 Å². The van der Waals surface area contributed by atoms with Crippen LogP contribution in [0.1, 0.15) is 30.9 Å². The molecule has 0 saturated heterocycles. The van der Waals surface area contributed by atoms with Crippen molar-refractivity contribution in [2.24, 2.45) is 0 Å². The van der Waals surface area contributed by atoms with Gasteiger partial charge in [-0.25, -0.2) is 4.79 Å². The van der Waals surface area contributed by atoms with Gasteiger partial charge in [-0.15, -0.1) is 0 Å². The summed E-state index contributed by atoms with van der Waals surface area (Å²) in [7, 11) is 0. The molecule has 2 amide bonds. The van der Waals surface area contributed by atoms with Gasteiger partial charge in [0.2, 0.25) is 0 Å². The number of pyridine rings is 1. The highest BCUT2D eigenvalue weighted by atomic mass is 16.5.